The fourth-order valence-electron chi connectivity index (χ4n) is 3.13. The third-order valence-electron chi connectivity index (χ3n) is 4.50. The minimum absolute atomic E-state index is 0.194. The number of methoxy groups -OCH3 is 1. The van der Waals surface area contributed by atoms with Gasteiger partial charge in [-0.15, -0.1) is 0 Å². The Labute approximate surface area is 141 Å². The van der Waals surface area contributed by atoms with E-state index in [9.17, 15) is 4.79 Å². The molecule has 124 valence electrons. The van der Waals surface area contributed by atoms with E-state index in [1.165, 1.54) is 23.6 Å². The summed E-state index contributed by atoms with van der Waals surface area (Å²) in [5.74, 6) is 0.00944. The molecule has 0 bridgehead atoms. The Kier molecular flexibility index (Phi) is 4.96. The molecule has 4 heteroatoms. The van der Waals surface area contributed by atoms with Gasteiger partial charge in [-0.1, -0.05) is 48.5 Å². The highest BCUT2D eigenvalue weighted by molar-refractivity contribution is 5.84. The molecule has 2 atom stereocenters. The minimum Gasteiger partial charge on any atom is -0.465 e. The van der Waals surface area contributed by atoms with Gasteiger partial charge in [0.1, 0.15) is 0 Å². The van der Waals surface area contributed by atoms with Crippen molar-refractivity contribution >= 4 is 16.9 Å². The molecule has 2 aromatic carbocycles. The summed E-state index contributed by atoms with van der Waals surface area (Å²) in [6.07, 6.45) is 2.08. The van der Waals surface area contributed by atoms with Crippen LogP contribution in [-0.2, 0) is 9.53 Å². The Bertz CT molecular complexity index is 811. The molecule has 24 heavy (non-hydrogen) atoms. The predicted molar refractivity (Wildman–Crippen MR) is 94.9 cm³/mol. The Morgan fingerprint density at radius 3 is 2.58 bits per heavy atom. The maximum Gasteiger partial charge on any atom is 0.364 e. The first-order valence-electron chi connectivity index (χ1n) is 8.23. The maximum absolute atomic E-state index is 11.7. The van der Waals surface area contributed by atoms with Crippen LogP contribution in [0.5, 0.6) is 0 Å². The molecular weight excluding hydrogens is 300 g/mol. The second-order valence-corrected chi connectivity index (χ2v) is 6.04. The lowest BCUT2D eigenvalue weighted by atomic mass is 9.90. The number of hydrogen-bond acceptors (Lipinski definition) is 2. The van der Waals surface area contributed by atoms with Crippen molar-refractivity contribution in [2.24, 2.45) is 0 Å². The van der Waals surface area contributed by atoms with E-state index in [2.05, 4.69) is 53.6 Å². The lowest BCUT2D eigenvalue weighted by molar-refractivity contribution is -0.676. The zero-order chi connectivity index (χ0) is 16.9. The summed E-state index contributed by atoms with van der Waals surface area (Å²) in [6.45, 7) is 2.66. The Balaban J connectivity index is 1.92. The monoisotopic (exact) mass is 323 g/mol. The van der Waals surface area contributed by atoms with Crippen molar-refractivity contribution in [3.63, 3.8) is 0 Å². The van der Waals surface area contributed by atoms with Crippen LogP contribution in [0.25, 0.3) is 10.9 Å². The van der Waals surface area contributed by atoms with Gasteiger partial charge in [0.05, 0.1) is 19.6 Å². The molecule has 0 aliphatic carbocycles. The van der Waals surface area contributed by atoms with Gasteiger partial charge in [-0.2, -0.15) is 0 Å². The molecule has 4 nitrogen and oxygen atoms in total. The average Bonchev–Trinajstić information content (AvgIpc) is 3.06. The topological polar surface area (TPSA) is 58.7 Å². The van der Waals surface area contributed by atoms with E-state index >= 15 is 0 Å². The van der Waals surface area contributed by atoms with E-state index in [4.69, 9.17) is 4.74 Å². The highest BCUT2D eigenvalue weighted by Gasteiger charge is 2.23. The van der Waals surface area contributed by atoms with E-state index in [-0.39, 0.29) is 17.9 Å². The zero-order valence-electron chi connectivity index (χ0n) is 14.0. The Morgan fingerprint density at radius 1 is 1.12 bits per heavy atom. The number of aromatic nitrogens is 1. The number of aromatic amines is 1. The van der Waals surface area contributed by atoms with Crippen LogP contribution >= 0.6 is 0 Å². The third kappa shape index (κ3) is 3.34. The van der Waals surface area contributed by atoms with E-state index in [0.717, 1.165) is 12.1 Å². The van der Waals surface area contributed by atoms with Crippen LogP contribution in [0.2, 0.25) is 0 Å². The van der Waals surface area contributed by atoms with Crippen molar-refractivity contribution < 1.29 is 14.8 Å². The highest BCUT2D eigenvalue weighted by atomic mass is 16.5. The molecule has 3 N–H and O–H groups in total. The molecule has 0 saturated heterocycles. The second kappa shape index (κ2) is 7.32. The number of carbonyl (C=O) groups is 1. The van der Waals surface area contributed by atoms with Gasteiger partial charge in [0.15, 0.2) is 6.04 Å². The van der Waals surface area contributed by atoms with E-state index in [0.29, 0.717) is 0 Å². The van der Waals surface area contributed by atoms with Crippen molar-refractivity contribution in [2.45, 2.75) is 18.9 Å². The van der Waals surface area contributed by atoms with Crippen LogP contribution in [0.15, 0.2) is 60.8 Å². The molecular formula is C20H23N2O2+. The summed E-state index contributed by atoms with van der Waals surface area (Å²) >= 11 is 0. The highest BCUT2D eigenvalue weighted by Crippen LogP contribution is 2.29. The number of H-pyrrole nitrogens is 1. The van der Waals surface area contributed by atoms with Gasteiger partial charge in [-0.3, -0.25) is 0 Å². The summed E-state index contributed by atoms with van der Waals surface area (Å²) in [4.78, 5) is 15.1. The van der Waals surface area contributed by atoms with Crippen molar-refractivity contribution in [1.29, 1.82) is 0 Å². The number of quaternary nitrogens is 1. The molecule has 0 fully saturated rings. The second-order valence-electron chi connectivity index (χ2n) is 6.04. The van der Waals surface area contributed by atoms with Crippen molar-refractivity contribution in [2.75, 3.05) is 13.7 Å². The number of fused-ring (bicyclic) bond motifs is 1. The van der Waals surface area contributed by atoms with Gasteiger partial charge in [0, 0.05) is 17.1 Å². The molecule has 3 rings (SSSR count). The number of ether oxygens (including phenoxy) is 1. The number of rotatable bonds is 6. The molecule has 0 spiro atoms. The molecule has 1 aromatic heterocycles. The zero-order valence-corrected chi connectivity index (χ0v) is 14.0. The van der Waals surface area contributed by atoms with Crippen LogP contribution in [0.4, 0.5) is 0 Å². The van der Waals surface area contributed by atoms with Crippen LogP contribution in [0, 0.1) is 0 Å². The first kappa shape index (κ1) is 16.3. The number of benzene rings is 2. The van der Waals surface area contributed by atoms with Crippen molar-refractivity contribution in [3.8, 4) is 0 Å². The fraction of sp³-hybridized carbons (Fsp3) is 0.250. The largest absolute Gasteiger partial charge is 0.465 e. The Hall–Kier alpha value is -2.59. The number of para-hydroxylation sites is 1. The molecule has 0 aliphatic rings. The quantitative estimate of drug-likeness (QED) is 0.685. The summed E-state index contributed by atoms with van der Waals surface area (Å²) in [6, 6.07) is 18.5. The normalized spacial score (nSPS) is 13.6. The van der Waals surface area contributed by atoms with Crippen LogP contribution in [-0.4, -0.2) is 30.6 Å². The minimum atomic E-state index is -0.216. The molecule has 0 saturated carbocycles. The summed E-state index contributed by atoms with van der Waals surface area (Å²) < 4.78 is 4.83. The molecule has 1 heterocycles. The fourth-order valence-corrected chi connectivity index (χ4v) is 3.13. The van der Waals surface area contributed by atoms with E-state index in [1.54, 1.807) is 0 Å². The molecule has 3 aromatic rings. The van der Waals surface area contributed by atoms with Crippen LogP contribution < -0.4 is 5.32 Å². The number of esters is 1. The smallest absolute Gasteiger partial charge is 0.364 e. The molecule has 0 aliphatic heterocycles. The number of carbonyl (C=O) groups excluding carboxylic acids is 1. The lowest BCUT2D eigenvalue weighted by Gasteiger charge is -2.18. The van der Waals surface area contributed by atoms with E-state index in [1.807, 2.05) is 24.4 Å². The van der Waals surface area contributed by atoms with E-state index < -0.39 is 0 Å². The van der Waals surface area contributed by atoms with Gasteiger partial charge < -0.3 is 15.0 Å². The molecule has 0 amide bonds. The van der Waals surface area contributed by atoms with Gasteiger partial charge in [0.25, 0.3) is 0 Å². The maximum atomic E-state index is 11.7. The first-order chi connectivity index (χ1) is 11.7. The summed E-state index contributed by atoms with van der Waals surface area (Å²) in [5.41, 5.74) is 3.63. The number of nitrogens with two attached hydrogens (primary N) is 1. The lowest BCUT2D eigenvalue weighted by Crippen LogP contribution is -2.92. The van der Waals surface area contributed by atoms with Gasteiger partial charge in [-0.25, -0.2) is 4.79 Å². The van der Waals surface area contributed by atoms with Crippen molar-refractivity contribution in [3.05, 3.63) is 71.9 Å². The van der Waals surface area contributed by atoms with Gasteiger partial charge in [-0.05, 0) is 24.1 Å². The summed E-state index contributed by atoms with van der Waals surface area (Å²) in [7, 11) is 1.43. The molecule has 0 radical (unpaired) electrons. The van der Waals surface area contributed by atoms with Gasteiger partial charge >= 0.3 is 5.97 Å². The predicted octanol–water partition coefficient (Wildman–Crippen LogP) is 2.42. The van der Waals surface area contributed by atoms with Crippen LogP contribution in [0.3, 0.4) is 0 Å². The third-order valence-corrected chi connectivity index (χ3v) is 4.50. The first-order valence-corrected chi connectivity index (χ1v) is 8.23. The van der Waals surface area contributed by atoms with Crippen molar-refractivity contribution in [1.82, 2.24) is 4.98 Å². The summed E-state index contributed by atoms with van der Waals surface area (Å²) in [5, 5.41) is 3.27. The van der Waals surface area contributed by atoms with Gasteiger partial charge in [0.2, 0.25) is 0 Å². The SMILES string of the molecule is COC(=O)[C@H](C)[NH2+]C[C@H](c1ccccc1)c1c[nH]c2ccccc12. The Morgan fingerprint density at radius 2 is 1.83 bits per heavy atom. The number of nitrogens with one attached hydrogen (secondary N) is 1. The average molecular weight is 323 g/mol. The number of hydrogen-bond donors (Lipinski definition) is 2. The molecule has 0 unspecified atom stereocenters. The van der Waals surface area contributed by atoms with Crippen LogP contribution in [0.1, 0.15) is 24.0 Å². The standard InChI is InChI=1S/C20H22N2O2/c1-14(20(23)24-2)21-12-17(15-8-4-3-5-9-15)18-13-22-19-11-7-6-10-16(18)19/h3-11,13-14,17,21-22H,12H2,1-2H3/p+1/t14-,17+/m0/s1.